The van der Waals surface area contributed by atoms with Gasteiger partial charge in [0.15, 0.2) is 0 Å². The van der Waals surface area contributed by atoms with Crippen molar-refractivity contribution in [3.05, 3.63) is 34.9 Å². The lowest BCUT2D eigenvalue weighted by atomic mass is 9.92. The highest BCUT2D eigenvalue weighted by Gasteiger charge is 2.50. The highest BCUT2D eigenvalue weighted by molar-refractivity contribution is 6.30. The number of halogens is 1. The summed E-state index contributed by atoms with van der Waals surface area (Å²) in [5.41, 5.74) is 0.589. The molecule has 0 N–H and O–H groups in total. The van der Waals surface area contributed by atoms with Crippen LogP contribution in [0.5, 0.6) is 0 Å². The van der Waals surface area contributed by atoms with Crippen LogP contribution in [0.3, 0.4) is 0 Å². The number of hydrogen-bond acceptors (Lipinski definition) is 3. The van der Waals surface area contributed by atoms with Gasteiger partial charge in [-0.2, -0.15) is 0 Å². The number of piperazine rings is 1. The maximum atomic E-state index is 12.5. The summed E-state index contributed by atoms with van der Waals surface area (Å²) in [4.78, 5) is 27.9. The van der Waals surface area contributed by atoms with E-state index in [0.717, 1.165) is 12.0 Å². The van der Waals surface area contributed by atoms with Crippen molar-refractivity contribution in [3.8, 4) is 0 Å². The first kappa shape index (κ1) is 15.2. The average Bonchev–Trinajstić information content (AvgIpc) is 2.87. The van der Waals surface area contributed by atoms with E-state index in [1.807, 2.05) is 24.0 Å². The second-order valence-electron chi connectivity index (χ2n) is 5.90. The van der Waals surface area contributed by atoms with Crippen molar-refractivity contribution in [1.82, 2.24) is 9.80 Å². The van der Waals surface area contributed by atoms with Gasteiger partial charge in [-0.25, -0.2) is 4.79 Å². The van der Waals surface area contributed by atoms with Crippen LogP contribution in [0.25, 0.3) is 0 Å². The van der Waals surface area contributed by atoms with E-state index in [-0.39, 0.29) is 17.5 Å². The highest BCUT2D eigenvalue weighted by Crippen LogP contribution is 2.31. The summed E-state index contributed by atoms with van der Waals surface area (Å²) in [6, 6.07) is 7.32. The number of fused-ring (bicyclic) bond motifs is 1. The second-order valence-corrected chi connectivity index (χ2v) is 6.34. The van der Waals surface area contributed by atoms with Crippen molar-refractivity contribution < 1.29 is 14.3 Å². The molecule has 1 unspecified atom stereocenters. The Bertz CT molecular complexity index is 590. The molecule has 2 saturated heterocycles. The number of benzene rings is 1. The third-order valence-corrected chi connectivity index (χ3v) is 4.87. The van der Waals surface area contributed by atoms with Gasteiger partial charge >= 0.3 is 6.09 Å². The number of rotatable bonds is 3. The third-order valence-electron chi connectivity index (χ3n) is 4.62. The Hall–Kier alpha value is -1.75. The molecule has 0 bridgehead atoms. The van der Waals surface area contributed by atoms with Crippen molar-refractivity contribution >= 4 is 23.6 Å². The molecule has 0 aromatic heterocycles. The zero-order valence-electron chi connectivity index (χ0n) is 12.5. The van der Waals surface area contributed by atoms with Crippen LogP contribution >= 0.6 is 11.6 Å². The van der Waals surface area contributed by atoms with E-state index in [1.165, 1.54) is 0 Å². The van der Waals surface area contributed by atoms with Gasteiger partial charge in [0, 0.05) is 24.7 Å². The first-order valence-electron chi connectivity index (χ1n) is 7.51. The summed E-state index contributed by atoms with van der Waals surface area (Å²) in [6.07, 6.45) is 0.876. The van der Waals surface area contributed by atoms with Crippen molar-refractivity contribution in [2.45, 2.75) is 25.3 Å². The van der Waals surface area contributed by atoms with E-state index in [4.69, 9.17) is 16.3 Å². The predicted molar refractivity (Wildman–Crippen MR) is 82.8 cm³/mol. The van der Waals surface area contributed by atoms with Gasteiger partial charge in [-0.15, -0.1) is 0 Å². The smallest absolute Gasteiger partial charge is 0.410 e. The van der Waals surface area contributed by atoms with Crippen LogP contribution < -0.4 is 0 Å². The molecule has 5 nitrogen and oxygen atoms in total. The fourth-order valence-corrected chi connectivity index (χ4v) is 3.29. The molecule has 3 rings (SSSR count). The van der Waals surface area contributed by atoms with Crippen LogP contribution in [0.1, 0.15) is 18.9 Å². The summed E-state index contributed by atoms with van der Waals surface area (Å²) in [5.74, 6) is 0.0779. The lowest BCUT2D eigenvalue weighted by Gasteiger charge is -2.44. The van der Waals surface area contributed by atoms with Gasteiger partial charge in [0.2, 0.25) is 5.91 Å². The van der Waals surface area contributed by atoms with Crippen molar-refractivity contribution in [3.63, 3.8) is 0 Å². The molecular weight excluding hydrogens is 304 g/mol. The number of cyclic esters (lactones) is 1. The van der Waals surface area contributed by atoms with Crippen molar-refractivity contribution in [2.24, 2.45) is 0 Å². The van der Waals surface area contributed by atoms with Crippen LogP contribution in [0.15, 0.2) is 24.3 Å². The quantitative estimate of drug-likeness (QED) is 0.858. The Morgan fingerprint density at radius 3 is 2.73 bits per heavy atom. The van der Waals surface area contributed by atoms with Gasteiger partial charge in [0.25, 0.3) is 0 Å². The number of hydrogen-bond donors (Lipinski definition) is 0. The first-order chi connectivity index (χ1) is 10.5. The molecule has 1 atom stereocenters. The number of carbonyl (C=O) groups excluding carboxylic acids is 2. The molecule has 0 saturated carbocycles. The topological polar surface area (TPSA) is 49.9 Å². The van der Waals surface area contributed by atoms with Gasteiger partial charge < -0.3 is 9.64 Å². The van der Waals surface area contributed by atoms with Gasteiger partial charge in [0.1, 0.15) is 6.61 Å². The number of carbonyl (C=O) groups is 2. The van der Waals surface area contributed by atoms with E-state index in [9.17, 15) is 9.59 Å². The lowest BCUT2D eigenvalue weighted by molar-refractivity contribution is -0.134. The van der Waals surface area contributed by atoms with Gasteiger partial charge in [-0.05, 0) is 24.1 Å². The molecule has 0 aliphatic carbocycles. The summed E-state index contributed by atoms with van der Waals surface area (Å²) in [5, 5.41) is 0.663. The Balaban J connectivity index is 1.69. The first-order valence-corrected chi connectivity index (χ1v) is 7.88. The lowest BCUT2D eigenvalue weighted by Crippen LogP contribution is -2.62. The fraction of sp³-hybridized carbons (Fsp3) is 0.500. The highest BCUT2D eigenvalue weighted by atomic mass is 35.5. The molecule has 1 aromatic rings. The molecular formula is C16H19ClN2O3. The molecule has 2 amide bonds. The maximum Gasteiger partial charge on any atom is 0.410 e. The average molecular weight is 323 g/mol. The van der Waals surface area contributed by atoms with E-state index < -0.39 is 0 Å². The minimum atomic E-state index is -0.356. The Morgan fingerprint density at radius 1 is 1.32 bits per heavy atom. The van der Waals surface area contributed by atoms with Crippen LogP contribution in [0.2, 0.25) is 5.02 Å². The maximum absolute atomic E-state index is 12.5. The molecule has 2 aliphatic rings. The van der Waals surface area contributed by atoms with Gasteiger partial charge in [-0.1, -0.05) is 30.7 Å². The predicted octanol–water partition coefficient (Wildman–Crippen LogP) is 2.33. The number of ether oxygens (including phenoxy) is 1. The number of amides is 2. The van der Waals surface area contributed by atoms with Crippen molar-refractivity contribution in [2.75, 3.05) is 26.2 Å². The van der Waals surface area contributed by atoms with Crippen LogP contribution in [-0.2, 0) is 16.0 Å². The van der Waals surface area contributed by atoms with E-state index >= 15 is 0 Å². The Morgan fingerprint density at radius 2 is 2.05 bits per heavy atom. The zero-order chi connectivity index (χ0) is 15.7. The van der Waals surface area contributed by atoms with E-state index in [0.29, 0.717) is 37.7 Å². The molecule has 0 radical (unpaired) electrons. The Kier molecular flexibility index (Phi) is 4.00. The Labute approximate surface area is 134 Å². The largest absolute Gasteiger partial charge is 0.447 e. The molecule has 1 aromatic carbocycles. The molecule has 2 heterocycles. The molecule has 0 spiro atoms. The summed E-state index contributed by atoms with van der Waals surface area (Å²) >= 11 is 5.86. The molecule has 6 heteroatoms. The minimum absolute atomic E-state index is 0.0779. The number of nitrogens with zero attached hydrogens (tertiary/aromatic N) is 2. The van der Waals surface area contributed by atoms with Crippen LogP contribution in [0, 0.1) is 0 Å². The minimum Gasteiger partial charge on any atom is -0.447 e. The normalized spacial score (nSPS) is 24.2. The van der Waals surface area contributed by atoms with E-state index in [2.05, 4.69) is 0 Å². The fourth-order valence-electron chi connectivity index (χ4n) is 3.17. The van der Waals surface area contributed by atoms with E-state index in [1.54, 1.807) is 17.0 Å². The van der Waals surface area contributed by atoms with Gasteiger partial charge in [0.05, 0.1) is 12.0 Å². The molecule has 22 heavy (non-hydrogen) atoms. The van der Waals surface area contributed by atoms with Crippen LogP contribution in [0.4, 0.5) is 4.79 Å². The van der Waals surface area contributed by atoms with Gasteiger partial charge in [-0.3, -0.25) is 9.69 Å². The van der Waals surface area contributed by atoms with Crippen LogP contribution in [-0.4, -0.2) is 53.6 Å². The third kappa shape index (κ3) is 2.65. The molecule has 118 valence electrons. The SMILES string of the molecule is CCC12COC(=O)N1CCN(C(=O)Cc1ccc(Cl)cc1)C2. The summed E-state index contributed by atoms with van der Waals surface area (Å²) < 4.78 is 5.19. The second kappa shape index (κ2) is 5.80. The zero-order valence-corrected chi connectivity index (χ0v) is 13.3. The molecule has 2 fully saturated rings. The van der Waals surface area contributed by atoms with Crippen molar-refractivity contribution in [1.29, 1.82) is 0 Å². The summed E-state index contributed by atoms with van der Waals surface area (Å²) in [6.45, 7) is 4.04. The summed E-state index contributed by atoms with van der Waals surface area (Å²) in [7, 11) is 0. The monoisotopic (exact) mass is 322 g/mol. The molecule has 2 aliphatic heterocycles. The standard InChI is InChI=1S/C16H19ClN2O3/c1-2-16-10-18(7-8-19(16)15(21)22-11-16)14(20)9-12-3-5-13(17)6-4-12/h3-6H,2,7-11H2,1H3.